The zero-order chi connectivity index (χ0) is 14.4. The number of rotatable bonds is 4. The second kappa shape index (κ2) is 7.14. The molecule has 1 aromatic rings. The van der Waals surface area contributed by atoms with Crippen LogP contribution in [0.3, 0.4) is 0 Å². The minimum atomic E-state index is -0.198. The van der Waals surface area contributed by atoms with Crippen molar-refractivity contribution in [2.75, 3.05) is 44.4 Å². The van der Waals surface area contributed by atoms with Gasteiger partial charge in [-0.25, -0.2) is 4.79 Å². The number of anilines is 2. The van der Waals surface area contributed by atoms with E-state index in [1.54, 1.807) is 7.05 Å². The molecule has 1 aliphatic rings. The standard InChI is InChI=1S/C15H24N4O/c1-16-15(20)18-14-7-5-13(6-8-14)17-10-12-4-3-9-19(2)11-12/h5-8,12,17H,3-4,9-11H2,1-2H3,(H2,16,18,20). The van der Waals surface area contributed by atoms with Crippen LogP contribution in [0.5, 0.6) is 0 Å². The van der Waals surface area contributed by atoms with Crippen molar-refractivity contribution in [1.29, 1.82) is 0 Å². The molecule has 0 bridgehead atoms. The number of urea groups is 1. The van der Waals surface area contributed by atoms with Crippen LogP contribution in [0, 0.1) is 5.92 Å². The number of benzene rings is 1. The van der Waals surface area contributed by atoms with Crippen molar-refractivity contribution in [3.8, 4) is 0 Å². The maximum absolute atomic E-state index is 11.2. The molecule has 1 aromatic carbocycles. The molecule has 2 rings (SSSR count). The second-order valence-electron chi connectivity index (χ2n) is 5.43. The smallest absolute Gasteiger partial charge is 0.318 e. The average Bonchev–Trinajstić information content (AvgIpc) is 2.46. The maximum Gasteiger partial charge on any atom is 0.318 e. The number of carbonyl (C=O) groups excluding carboxylic acids is 1. The molecule has 5 heteroatoms. The third-order valence-corrected chi connectivity index (χ3v) is 3.69. The van der Waals surface area contributed by atoms with E-state index in [-0.39, 0.29) is 6.03 Å². The maximum atomic E-state index is 11.2. The Labute approximate surface area is 120 Å². The van der Waals surface area contributed by atoms with Gasteiger partial charge in [0.2, 0.25) is 0 Å². The van der Waals surface area contributed by atoms with E-state index in [0.29, 0.717) is 0 Å². The quantitative estimate of drug-likeness (QED) is 0.790. The minimum Gasteiger partial charge on any atom is -0.385 e. The molecule has 1 aliphatic heterocycles. The van der Waals surface area contributed by atoms with Gasteiger partial charge in [0.25, 0.3) is 0 Å². The number of hydrogen-bond donors (Lipinski definition) is 3. The van der Waals surface area contributed by atoms with E-state index >= 15 is 0 Å². The zero-order valence-electron chi connectivity index (χ0n) is 12.3. The van der Waals surface area contributed by atoms with Gasteiger partial charge in [-0.2, -0.15) is 0 Å². The molecule has 1 heterocycles. The first-order chi connectivity index (χ1) is 9.67. The van der Waals surface area contributed by atoms with Crippen molar-refractivity contribution in [2.24, 2.45) is 5.92 Å². The van der Waals surface area contributed by atoms with Crippen molar-refractivity contribution in [1.82, 2.24) is 10.2 Å². The van der Waals surface area contributed by atoms with E-state index in [1.165, 1.54) is 25.9 Å². The van der Waals surface area contributed by atoms with Gasteiger partial charge in [0, 0.05) is 31.5 Å². The van der Waals surface area contributed by atoms with Crippen LogP contribution in [-0.2, 0) is 0 Å². The van der Waals surface area contributed by atoms with Gasteiger partial charge in [0.05, 0.1) is 0 Å². The number of carbonyl (C=O) groups is 1. The third kappa shape index (κ3) is 4.42. The van der Waals surface area contributed by atoms with Gasteiger partial charge in [-0.15, -0.1) is 0 Å². The van der Waals surface area contributed by atoms with Crippen LogP contribution < -0.4 is 16.0 Å². The SMILES string of the molecule is CNC(=O)Nc1ccc(NCC2CCCN(C)C2)cc1. The van der Waals surface area contributed by atoms with Gasteiger partial charge in [-0.1, -0.05) is 0 Å². The summed E-state index contributed by atoms with van der Waals surface area (Å²) in [5.41, 5.74) is 1.90. The van der Waals surface area contributed by atoms with Crippen molar-refractivity contribution in [3.05, 3.63) is 24.3 Å². The Morgan fingerprint density at radius 2 is 2.00 bits per heavy atom. The van der Waals surface area contributed by atoms with Crippen molar-refractivity contribution in [3.63, 3.8) is 0 Å². The first kappa shape index (κ1) is 14.7. The molecule has 3 N–H and O–H groups in total. The third-order valence-electron chi connectivity index (χ3n) is 3.69. The summed E-state index contributed by atoms with van der Waals surface area (Å²) in [5.74, 6) is 0.720. The number of hydrogen-bond acceptors (Lipinski definition) is 3. The van der Waals surface area contributed by atoms with E-state index in [4.69, 9.17) is 0 Å². The monoisotopic (exact) mass is 276 g/mol. The van der Waals surface area contributed by atoms with Crippen LogP contribution in [-0.4, -0.2) is 44.7 Å². The van der Waals surface area contributed by atoms with Gasteiger partial charge in [-0.05, 0) is 56.6 Å². The fraction of sp³-hybridized carbons (Fsp3) is 0.533. The van der Waals surface area contributed by atoms with Crippen LogP contribution in [0.25, 0.3) is 0 Å². The fourth-order valence-electron chi connectivity index (χ4n) is 2.57. The first-order valence-corrected chi connectivity index (χ1v) is 7.18. The molecule has 1 unspecified atom stereocenters. The van der Waals surface area contributed by atoms with Gasteiger partial charge in [0.15, 0.2) is 0 Å². The van der Waals surface area contributed by atoms with Crippen LogP contribution in [0.4, 0.5) is 16.2 Å². The highest BCUT2D eigenvalue weighted by Gasteiger charge is 2.16. The van der Waals surface area contributed by atoms with Gasteiger partial charge < -0.3 is 20.9 Å². The van der Waals surface area contributed by atoms with E-state index in [9.17, 15) is 4.79 Å². The van der Waals surface area contributed by atoms with Crippen LogP contribution in [0.1, 0.15) is 12.8 Å². The highest BCUT2D eigenvalue weighted by Crippen LogP contribution is 2.18. The Balaban J connectivity index is 1.80. The van der Waals surface area contributed by atoms with Crippen molar-refractivity contribution >= 4 is 17.4 Å². The summed E-state index contributed by atoms with van der Waals surface area (Å²) < 4.78 is 0. The molecule has 0 saturated carbocycles. The molecule has 5 nitrogen and oxygen atoms in total. The number of nitrogens with one attached hydrogen (secondary N) is 3. The Morgan fingerprint density at radius 1 is 1.30 bits per heavy atom. The average molecular weight is 276 g/mol. The minimum absolute atomic E-state index is 0.198. The summed E-state index contributed by atoms with van der Waals surface area (Å²) in [6, 6.07) is 7.61. The topological polar surface area (TPSA) is 56.4 Å². The highest BCUT2D eigenvalue weighted by molar-refractivity contribution is 5.89. The molecule has 0 aromatic heterocycles. The van der Waals surface area contributed by atoms with E-state index < -0.39 is 0 Å². The number of amides is 2. The summed E-state index contributed by atoms with van der Waals surface area (Å²) in [5, 5.41) is 8.75. The fourth-order valence-corrected chi connectivity index (χ4v) is 2.57. The van der Waals surface area contributed by atoms with Crippen LogP contribution in [0.2, 0.25) is 0 Å². The largest absolute Gasteiger partial charge is 0.385 e. The summed E-state index contributed by atoms with van der Waals surface area (Å²) in [6.07, 6.45) is 2.59. The number of likely N-dealkylation sites (tertiary alicyclic amines) is 1. The first-order valence-electron chi connectivity index (χ1n) is 7.18. The number of piperidine rings is 1. The second-order valence-corrected chi connectivity index (χ2v) is 5.43. The molecule has 1 saturated heterocycles. The molecule has 1 fully saturated rings. The molecule has 2 amide bonds. The lowest BCUT2D eigenvalue weighted by Crippen LogP contribution is -2.35. The van der Waals surface area contributed by atoms with Gasteiger partial charge in [0.1, 0.15) is 0 Å². The molecule has 0 spiro atoms. The van der Waals surface area contributed by atoms with E-state index in [0.717, 1.165) is 23.8 Å². The molecule has 0 radical (unpaired) electrons. The van der Waals surface area contributed by atoms with Gasteiger partial charge >= 0.3 is 6.03 Å². The molecule has 1 atom stereocenters. The predicted octanol–water partition coefficient (Wildman–Crippen LogP) is 2.19. The lowest BCUT2D eigenvalue weighted by Gasteiger charge is -2.30. The molecule has 110 valence electrons. The summed E-state index contributed by atoms with van der Waals surface area (Å²) in [7, 11) is 3.79. The summed E-state index contributed by atoms with van der Waals surface area (Å²) >= 11 is 0. The van der Waals surface area contributed by atoms with Crippen molar-refractivity contribution < 1.29 is 4.79 Å². The Bertz CT molecular complexity index is 432. The van der Waals surface area contributed by atoms with Crippen molar-refractivity contribution in [2.45, 2.75) is 12.8 Å². The predicted molar refractivity (Wildman–Crippen MR) is 83.2 cm³/mol. The Morgan fingerprint density at radius 3 is 2.65 bits per heavy atom. The van der Waals surface area contributed by atoms with E-state index in [2.05, 4.69) is 27.9 Å². The summed E-state index contributed by atoms with van der Waals surface area (Å²) in [4.78, 5) is 13.6. The lowest BCUT2D eigenvalue weighted by atomic mass is 9.98. The molecular weight excluding hydrogens is 252 g/mol. The molecule has 0 aliphatic carbocycles. The Kier molecular flexibility index (Phi) is 5.24. The summed E-state index contributed by atoms with van der Waals surface area (Å²) in [6.45, 7) is 3.40. The van der Waals surface area contributed by atoms with Crippen LogP contribution >= 0.6 is 0 Å². The number of nitrogens with zero attached hydrogens (tertiary/aromatic N) is 1. The van der Waals surface area contributed by atoms with Crippen LogP contribution in [0.15, 0.2) is 24.3 Å². The zero-order valence-corrected chi connectivity index (χ0v) is 12.3. The Hall–Kier alpha value is -1.75. The van der Waals surface area contributed by atoms with E-state index in [1.807, 2.05) is 24.3 Å². The normalized spacial score (nSPS) is 19.4. The molecule has 20 heavy (non-hydrogen) atoms. The highest BCUT2D eigenvalue weighted by atomic mass is 16.2. The molecular formula is C15H24N4O. The lowest BCUT2D eigenvalue weighted by molar-refractivity contribution is 0.217. The van der Waals surface area contributed by atoms with Gasteiger partial charge in [-0.3, -0.25) is 0 Å².